The normalized spacial score (nSPS) is 21.2. The molecule has 0 aliphatic heterocycles. The van der Waals surface area contributed by atoms with Crippen molar-refractivity contribution in [3.63, 3.8) is 0 Å². The fourth-order valence-electron chi connectivity index (χ4n) is 2.40. The highest BCUT2D eigenvalue weighted by molar-refractivity contribution is 5.93. The maximum atomic E-state index is 11.4. The molecule has 0 saturated carbocycles. The number of carbonyl (C=O) groups excluding carboxylic acids is 1. The Kier molecular flexibility index (Phi) is 5.07. The highest BCUT2D eigenvalue weighted by Crippen LogP contribution is 2.33. The van der Waals surface area contributed by atoms with Crippen molar-refractivity contribution in [1.82, 2.24) is 0 Å². The molecule has 0 bridgehead atoms. The summed E-state index contributed by atoms with van der Waals surface area (Å²) in [6.07, 6.45) is 9.01. The number of allylic oxidation sites excluding steroid dienone is 2. The number of hydrogen-bond acceptors (Lipinski definition) is 1. The van der Waals surface area contributed by atoms with Crippen molar-refractivity contribution in [2.75, 3.05) is 0 Å². The van der Waals surface area contributed by atoms with Crippen molar-refractivity contribution in [1.29, 1.82) is 0 Å². The lowest BCUT2D eigenvalue weighted by Crippen LogP contribution is -2.09. The van der Waals surface area contributed by atoms with Gasteiger partial charge in [-0.25, -0.2) is 0 Å². The minimum atomic E-state index is 0.346. The van der Waals surface area contributed by atoms with Gasteiger partial charge in [0.1, 0.15) is 0 Å². The zero-order valence-corrected chi connectivity index (χ0v) is 10.4. The summed E-state index contributed by atoms with van der Waals surface area (Å²) >= 11 is 0. The van der Waals surface area contributed by atoms with E-state index >= 15 is 0 Å². The van der Waals surface area contributed by atoms with Crippen LogP contribution >= 0.6 is 0 Å². The summed E-state index contributed by atoms with van der Waals surface area (Å²) < 4.78 is 0. The molecular weight excluding hydrogens is 184 g/mol. The third-order valence-corrected chi connectivity index (χ3v) is 3.37. The van der Waals surface area contributed by atoms with E-state index in [2.05, 4.69) is 20.8 Å². The summed E-state index contributed by atoms with van der Waals surface area (Å²) in [6.45, 7) is 6.68. The Balaban J connectivity index is 2.37. The number of rotatable bonds is 6. The molecule has 0 aromatic rings. The van der Waals surface area contributed by atoms with Gasteiger partial charge in [-0.3, -0.25) is 4.79 Å². The first-order valence-electron chi connectivity index (χ1n) is 6.38. The van der Waals surface area contributed by atoms with Crippen LogP contribution in [-0.4, -0.2) is 5.78 Å². The van der Waals surface area contributed by atoms with Crippen LogP contribution in [0.4, 0.5) is 0 Å². The second-order valence-corrected chi connectivity index (χ2v) is 5.05. The third kappa shape index (κ3) is 3.81. The lowest BCUT2D eigenvalue weighted by atomic mass is 9.87. The minimum Gasteiger partial charge on any atom is -0.295 e. The van der Waals surface area contributed by atoms with Gasteiger partial charge in [-0.1, -0.05) is 45.6 Å². The Labute approximate surface area is 93.9 Å². The molecule has 0 heterocycles. The molecule has 0 fully saturated rings. The standard InChI is InChI=1S/C14H24O/c1-4-5-6-7-8-12-9-13(15)10-14(12)11(2)3/h9,11,14H,4-8,10H2,1-3H3. The first-order chi connectivity index (χ1) is 7.15. The predicted molar refractivity (Wildman–Crippen MR) is 64.8 cm³/mol. The molecule has 1 aliphatic rings. The second-order valence-electron chi connectivity index (χ2n) is 5.05. The first-order valence-corrected chi connectivity index (χ1v) is 6.38. The van der Waals surface area contributed by atoms with Gasteiger partial charge in [-0.05, 0) is 30.8 Å². The maximum Gasteiger partial charge on any atom is 0.156 e. The molecule has 1 unspecified atom stereocenters. The van der Waals surface area contributed by atoms with Crippen molar-refractivity contribution in [3.8, 4) is 0 Å². The van der Waals surface area contributed by atoms with Crippen LogP contribution in [-0.2, 0) is 4.79 Å². The molecular formula is C14H24O. The van der Waals surface area contributed by atoms with Crippen LogP contribution < -0.4 is 0 Å². The zero-order chi connectivity index (χ0) is 11.3. The van der Waals surface area contributed by atoms with Crippen LogP contribution in [0.5, 0.6) is 0 Å². The van der Waals surface area contributed by atoms with Gasteiger partial charge in [-0.2, -0.15) is 0 Å². The van der Waals surface area contributed by atoms with E-state index in [4.69, 9.17) is 0 Å². The Bertz CT molecular complexity index is 238. The third-order valence-electron chi connectivity index (χ3n) is 3.37. The fraction of sp³-hybridized carbons (Fsp3) is 0.786. The van der Waals surface area contributed by atoms with Crippen molar-refractivity contribution in [2.24, 2.45) is 11.8 Å². The molecule has 0 saturated heterocycles. The summed E-state index contributed by atoms with van der Waals surface area (Å²) in [7, 11) is 0. The van der Waals surface area contributed by atoms with E-state index in [1.165, 1.54) is 31.3 Å². The molecule has 1 heteroatoms. The second kappa shape index (κ2) is 6.09. The van der Waals surface area contributed by atoms with Crippen molar-refractivity contribution < 1.29 is 4.79 Å². The highest BCUT2D eigenvalue weighted by atomic mass is 16.1. The molecule has 0 N–H and O–H groups in total. The average Bonchev–Trinajstić information content (AvgIpc) is 2.55. The van der Waals surface area contributed by atoms with Crippen molar-refractivity contribution in [2.45, 2.75) is 59.3 Å². The smallest absolute Gasteiger partial charge is 0.156 e. The molecule has 1 aliphatic carbocycles. The van der Waals surface area contributed by atoms with E-state index in [0.717, 1.165) is 12.8 Å². The lowest BCUT2D eigenvalue weighted by Gasteiger charge is -2.17. The molecule has 1 atom stereocenters. The Morgan fingerprint density at radius 2 is 2.07 bits per heavy atom. The van der Waals surface area contributed by atoms with Gasteiger partial charge >= 0.3 is 0 Å². The average molecular weight is 208 g/mol. The highest BCUT2D eigenvalue weighted by Gasteiger charge is 2.26. The van der Waals surface area contributed by atoms with E-state index in [0.29, 0.717) is 17.6 Å². The van der Waals surface area contributed by atoms with Crippen LogP contribution in [0.25, 0.3) is 0 Å². The molecule has 0 radical (unpaired) electrons. The predicted octanol–water partition coefficient (Wildman–Crippen LogP) is 4.13. The summed E-state index contributed by atoms with van der Waals surface area (Å²) in [5.74, 6) is 1.51. The quantitative estimate of drug-likeness (QED) is 0.600. The topological polar surface area (TPSA) is 17.1 Å². The van der Waals surface area contributed by atoms with Gasteiger partial charge in [0.15, 0.2) is 5.78 Å². The van der Waals surface area contributed by atoms with E-state index in [-0.39, 0.29) is 0 Å². The largest absolute Gasteiger partial charge is 0.295 e. The summed E-state index contributed by atoms with van der Waals surface area (Å²) in [6, 6.07) is 0. The summed E-state index contributed by atoms with van der Waals surface area (Å²) in [5.41, 5.74) is 1.42. The SMILES string of the molecule is CCCCCCC1=CC(=O)CC1C(C)C. The van der Waals surface area contributed by atoms with E-state index < -0.39 is 0 Å². The zero-order valence-electron chi connectivity index (χ0n) is 10.4. The molecule has 0 amide bonds. The van der Waals surface area contributed by atoms with Crippen LogP contribution in [0.2, 0.25) is 0 Å². The number of ketones is 1. The lowest BCUT2D eigenvalue weighted by molar-refractivity contribution is -0.114. The molecule has 86 valence electrons. The summed E-state index contributed by atoms with van der Waals surface area (Å²) in [4.78, 5) is 11.4. The number of hydrogen-bond donors (Lipinski definition) is 0. The van der Waals surface area contributed by atoms with Crippen LogP contribution in [0.1, 0.15) is 59.3 Å². The monoisotopic (exact) mass is 208 g/mol. The molecule has 0 aromatic heterocycles. The first kappa shape index (κ1) is 12.5. The number of carbonyl (C=O) groups is 1. The fourth-order valence-corrected chi connectivity index (χ4v) is 2.40. The van der Waals surface area contributed by atoms with Crippen molar-refractivity contribution in [3.05, 3.63) is 11.6 Å². The minimum absolute atomic E-state index is 0.346. The molecule has 1 nitrogen and oxygen atoms in total. The van der Waals surface area contributed by atoms with Crippen LogP contribution in [0.3, 0.4) is 0 Å². The summed E-state index contributed by atoms with van der Waals surface area (Å²) in [5, 5.41) is 0. The van der Waals surface area contributed by atoms with Gasteiger partial charge in [0.2, 0.25) is 0 Å². The van der Waals surface area contributed by atoms with E-state index in [1.54, 1.807) is 0 Å². The Morgan fingerprint density at radius 1 is 1.33 bits per heavy atom. The Hall–Kier alpha value is -0.590. The molecule has 1 rings (SSSR count). The van der Waals surface area contributed by atoms with Gasteiger partial charge in [0.05, 0.1) is 0 Å². The van der Waals surface area contributed by atoms with E-state index in [9.17, 15) is 4.79 Å². The van der Waals surface area contributed by atoms with Gasteiger partial charge in [0, 0.05) is 6.42 Å². The van der Waals surface area contributed by atoms with Crippen LogP contribution in [0.15, 0.2) is 11.6 Å². The van der Waals surface area contributed by atoms with Crippen molar-refractivity contribution >= 4 is 5.78 Å². The van der Waals surface area contributed by atoms with E-state index in [1.807, 2.05) is 6.08 Å². The molecule has 15 heavy (non-hydrogen) atoms. The van der Waals surface area contributed by atoms with Gasteiger partial charge < -0.3 is 0 Å². The number of unbranched alkanes of at least 4 members (excludes halogenated alkanes) is 3. The molecule has 0 aromatic carbocycles. The maximum absolute atomic E-state index is 11.4. The molecule has 0 spiro atoms. The van der Waals surface area contributed by atoms with Gasteiger partial charge in [0.25, 0.3) is 0 Å². The Morgan fingerprint density at radius 3 is 2.67 bits per heavy atom. The van der Waals surface area contributed by atoms with Gasteiger partial charge in [-0.15, -0.1) is 0 Å². The van der Waals surface area contributed by atoms with Crippen LogP contribution in [0, 0.1) is 11.8 Å².